The van der Waals surface area contributed by atoms with E-state index in [9.17, 15) is 9.90 Å². The van der Waals surface area contributed by atoms with Gasteiger partial charge in [0.15, 0.2) is 11.5 Å². The molecule has 0 aliphatic rings. The second kappa shape index (κ2) is 7.01. The number of nitrogens with one attached hydrogen (secondary N) is 1. The first-order chi connectivity index (χ1) is 10.2. The number of phenols is 1. The van der Waals surface area contributed by atoms with Crippen molar-refractivity contribution in [3.8, 4) is 23.3 Å². The van der Waals surface area contributed by atoms with Crippen molar-refractivity contribution in [3.63, 3.8) is 0 Å². The highest BCUT2D eigenvalue weighted by Gasteiger charge is 2.03. The van der Waals surface area contributed by atoms with Crippen LogP contribution in [0, 0.1) is 11.8 Å². The van der Waals surface area contributed by atoms with Crippen LogP contribution in [0.15, 0.2) is 48.5 Å². The van der Waals surface area contributed by atoms with Gasteiger partial charge < -0.3 is 15.2 Å². The Labute approximate surface area is 123 Å². The molecule has 1 amide bonds. The molecule has 0 heterocycles. The zero-order valence-electron chi connectivity index (χ0n) is 11.6. The number of ether oxygens (including phenoxy) is 1. The number of hydrogen-bond acceptors (Lipinski definition) is 3. The zero-order valence-corrected chi connectivity index (χ0v) is 11.6. The Morgan fingerprint density at radius 3 is 2.67 bits per heavy atom. The highest BCUT2D eigenvalue weighted by atomic mass is 16.5. The van der Waals surface area contributed by atoms with E-state index in [0.717, 1.165) is 11.1 Å². The molecule has 0 radical (unpaired) electrons. The zero-order chi connectivity index (χ0) is 15.1. The summed E-state index contributed by atoms with van der Waals surface area (Å²) in [6.45, 7) is 0.292. The van der Waals surface area contributed by atoms with E-state index >= 15 is 0 Å². The fourth-order valence-corrected chi connectivity index (χ4v) is 1.72. The number of rotatable bonds is 3. The van der Waals surface area contributed by atoms with Crippen LogP contribution in [-0.4, -0.2) is 18.1 Å². The summed E-state index contributed by atoms with van der Waals surface area (Å²) in [5.74, 6) is 5.37. The summed E-state index contributed by atoms with van der Waals surface area (Å²) in [4.78, 5) is 11.6. The minimum Gasteiger partial charge on any atom is -0.504 e. The first-order valence-corrected chi connectivity index (χ1v) is 6.40. The van der Waals surface area contributed by atoms with Crippen LogP contribution < -0.4 is 10.1 Å². The van der Waals surface area contributed by atoms with Crippen molar-refractivity contribution < 1.29 is 14.6 Å². The first kappa shape index (κ1) is 14.5. The standard InChI is InChI=1S/C17H15NO3/c1-21-16-9-7-14(11-15(16)19)12-18-17(20)10-8-13-5-3-2-4-6-13/h2-7,9,11,19H,12H2,1H3,(H,18,20). The molecule has 2 N–H and O–H groups in total. The van der Waals surface area contributed by atoms with Crippen LogP contribution in [0.2, 0.25) is 0 Å². The van der Waals surface area contributed by atoms with E-state index in [0.29, 0.717) is 12.3 Å². The molecular weight excluding hydrogens is 266 g/mol. The van der Waals surface area contributed by atoms with Crippen LogP contribution in [0.5, 0.6) is 11.5 Å². The second-order valence-corrected chi connectivity index (χ2v) is 4.30. The number of benzene rings is 2. The van der Waals surface area contributed by atoms with Crippen LogP contribution in [0.25, 0.3) is 0 Å². The SMILES string of the molecule is COc1ccc(CNC(=O)C#Cc2ccccc2)cc1O. The third-order valence-corrected chi connectivity index (χ3v) is 2.79. The van der Waals surface area contributed by atoms with Crippen LogP contribution in [0.3, 0.4) is 0 Å². The molecule has 0 aliphatic heterocycles. The van der Waals surface area contributed by atoms with Gasteiger partial charge in [0.05, 0.1) is 7.11 Å². The predicted octanol–water partition coefficient (Wildman–Crippen LogP) is 2.07. The smallest absolute Gasteiger partial charge is 0.296 e. The molecule has 2 aromatic carbocycles. The Hall–Kier alpha value is -2.93. The summed E-state index contributed by atoms with van der Waals surface area (Å²) < 4.78 is 4.95. The van der Waals surface area contributed by atoms with Gasteiger partial charge in [-0.05, 0) is 29.8 Å². The summed E-state index contributed by atoms with van der Waals surface area (Å²) in [5.41, 5.74) is 1.55. The van der Waals surface area contributed by atoms with Gasteiger partial charge in [0.25, 0.3) is 5.91 Å². The number of phenolic OH excluding ortho intramolecular Hbond substituents is 1. The van der Waals surface area contributed by atoms with Gasteiger partial charge >= 0.3 is 0 Å². The summed E-state index contributed by atoms with van der Waals surface area (Å²) in [7, 11) is 1.48. The minimum absolute atomic E-state index is 0.0413. The lowest BCUT2D eigenvalue weighted by Crippen LogP contribution is -2.20. The third kappa shape index (κ3) is 4.29. The molecular formula is C17H15NO3. The van der Waals surface area contributed by atoms with Crippen molar-refractivity contribution >= 4 is 5.91 Å². The van der Waals surface area contributed by atoms with Crippen LogP contribution in [0.1, 0.15) is 11.1 Å². The number of amides is 1. The van der Waals surface area contributed by atoms with Crippen molar-refractivity contribution in [2.24, 2.45) is 0 Å². The Bertz CT molecular complexity index is 684. The number of hydrogen-bond donors (Lipinski definition) is 2. The summed E-state index contributed by atoms with van der Waals surface area (Å²) in [6, 6.07) is 14.2. The van der Waals surface area contributed by atoms with E-state index in [1.807, 2.05) is 30.3 Å². The molecule has 0 atom stereocenters. The Kier molecular flexibility index (Phi) is 4.84. The lowest BCUT2D eigenvalue weighted by molar-refractivity contribution is -0.115. The van der Waals surface area contributed by atoms with E-state index < -0.39 is 0 Å². The quantitative estimate of drug-likeness (QED) is 0.847. The Morgan fingerprint density at radius 1 is 1.24 bits per heavy atom. The molecule has 4 heteroatoms. The average molecular weight is 281 g/mol. The molecule has 2 aromatic rings. The van der Waals surface area contributed by atoms with E-state index in [4.69, 9.17) is 4.74 Å². The summed E-state index contributed by atoms with van der Waals surface area (Å²) in [6.07, 6.45) is 0. The van der Waals surface area contributed by atoms with Gasteiger partial charge in [-0.2, -0.15) is 0 Å². The number of carbonyl (C=O) groups is 1. The monoisotopic (exact) mass is 281 g/mol. The highest BCUT2D eigenvalue weighted by molar-refractivity contribution is 5.94. The topological polar surface area (TPSA) is 58.6 Å². The van der Waals surface area contributed by atoms with Gasteiger partial charge in [0, 0.05) is 18.0 Å². The first-order valence-electron chi connectivity index (χ1n) is 6.40. The van der Waals surface area contributed by atoms with Gasteiger partial charge in [-0.25, -0.2) is 0 Å². The molecule has 0 unspecified atom stereocenters. The fourth-order valence-electron chi connectivity index (χ4n) is 1.72. The third-order valence-electron chi connectivity index (χ3n) is 2.79. The number of aromatic hydroxyl groups is 1. The van der Waals surface area contributed by atoms with Gasteiger partial charge in [-0.3, -0.25) is 4.79 Å². The summed E-state index contributed by atoms with van der Waals surface area (Å²) in [5, 5.41) is 12.3. The molecule has 106 valence electrons. The van der Waals surface area contributed by atoms with Gasteiger partial charge in [-0.1, -0.05) is 30.2 Å². The number of methoxy groups -OCH3 is 1. The molecule has 4 nitrogen and oxygen atoms in total. The maximum absolute atomic E-state index is 11.6. The predicted molar refractivity (Wildman–Crippen MR) is 79.8 cm³/mol. The van der Waals surface area contributed by atoms with E-state index in [2.05, 4.69) is 17.2 Å². The van der Waals surface area contributed by atoms with E-state index in [1.165, 1.54) is 7.11 Å². The van der Waals surface area contributed by atoms with Gasteiger partial charge in [-0.15, -0.1) is 0 Å². The molecule has 21 heavy (non-hydrogen) atoms. The maximum atomic E-state index is 11.6. The lowest BCUT2D eigenvalue weighted by atomic mass is 10.2. The van der Waals surface area contributed by atoms with E-state index in [1.54, 1.807) is 18.2 Å². The number of carbonyl (C=O) groups excluding carboxylic acids is 1. The fraction of sp³-hybridized carbons (Fsp3) is 0.118. The van der Waals surface area contributed by atoms with Crippen LogP contribution >= 0.6 is 0 Å². The van der Waals surface area contributed by atoms with Crippen molar-refractivity contribution in [1.29, 1.82) is 0 Å². The lowest BCUT2D eigenvalue weighted by Gasteiger charge is -2.06. The molecule has 0 aliphatic carbocycles. The molecule has 0 fully saturated rings. The van der Waals surface area contributed by atoms with Crippen molar-refractivity contribution in [2.45, 2.75) is 6.54 Å². The van der Waals surface area contributed by atoms with Gasteiger partial charge in [0.2, 0.25) is 0 Å². The van der Waals surface area contributed by atoms with Crippen LogP contribution in [-0.2, 0) is 11.3 Å². The summed E-state index contributed by atoms with van der Waals surface area (Å²) >= 11 is 0. The van der Waals surface area contributed by atoms with Crippen molar-refractivity contribution in [3.05, 3.63) is 59.7 Å². The van der Waals surface area contributed by atoms with Crippen molar-refractivity contribution in [1.82, 2.24) is 5.32 Å². The average Bonchev–Trinajstić information content (AvgIpc) is 2.52. The van der Waals surface area contributed by atoms with Crippen LogP contribution in [0.4, 0.5) is 0 Å². The molecule has 0 saturated heterocycles. The molecule has 0 aromatic heterocycles. The van der Waals surface area contributed by atoms with E-state index in [-0.39, 0.29) is 11.7 Å². The van der Waals surface area contributed by atoms with Crippen molar-refractivity contribution in [2.75, 3.05) is 7.11 Å². The molecule has 0 saturated carbocycles. The Morgan fingerprint density at radius 2 is 2.00 bits per heavy atom. The Balaban J connectivity index is 1.93. The highest BCUT2D eigenvalue weighted by Crippen LogP contribution is 2.25. The molecule has 0 spiro atoms. The largest absolute Gasteiger partial charge is 0.504 e. The molecule has 2 rings (SSSR count). The normalized spacial score (nSPS) is 9.38. The molecule has 0 bridgehead atoms. The minimum atomic E-state index is -0.367. The maximum Gasteiger partial charge on any atom is 0.296 e. The second-order valence-electron chi connectivity index (χ2n) is 4.30. The van der Waals surface area contributed by atoms with Gasteiger partial charge in [0.1, 0.15) is 0 Å².